The van der Waals surface area contributed by atoms with Gasteiger partial charge in [-0.3, -0.25) is 0 Å². The Morgan fingerprint density at radius 1 is 1.25 bits per heavy atom. The summed E-state index contributed by atoms with van der Waals surface area (Å²) in [6, 6.07) is 2.21. The molecule has 0 amide bonds. The van der Waals surface area contributed by atoms with E-state index < -0.39 is 24.2 Å². The maximum absolute atomic E-state index is 12.8. The predicted molar refractivity (Wildman–Crippen MR) is 48.9 cm³/mol. The molecule has 6 heteroatoms. The Morgan fingerprint density at radius 3 is 2.25 bits per heavy atom. The predicted octanol–water partition coefficient (Wildman–Crippen LogP) is 0.249. The molecule has 1 aromatic carbocycles. The standard InChI is InChI=1S/C6H4BF2IO2/c8-3-1-2-4(10)5(6(3)9)7(11)12/h1-2,11-12H. The highest BCUT2D eigenvalue weighted by Gasteiger charge is 2.22. The number of rotatable bonds is 1. The Bertz CT molecular complexity index is 306. The molecule has 0 saturated carbocycles. The zero-order chi connectivity index (χ0) is 9.30. The molecule has 12 heavy (non-hydrogen) atoms. The molecule has 0 radical (unpaired) electrons. The third-order valence-corrected chi connectivity index (χ3v) is 2.28. The van der Waals surface area contributed by atoms with Gasteiger partial charge in [0.25, 0.3) is 0 Å². The van der Waals surface area contributed by atoms with Crippen LogP contribution in [0.1, 0.15) is 0 Å². The Labute approximate surface area is 81.5 Å². The normalized spacial score (nSPS) is 10.1. The summed E-state index contributed by atoms with van der Waals surface area (Å²) in [5.41, 5.74) is -0.421. The molecule has 0 fully saturated rings. The van der Waals surface area contributed by atoms with Crippen molar-refractivity contribution in [3.05, 3.63) is 27.3 Å². The number of hydrogen-bond acceptors (Lipinski definition) is 2. The summed E-state index contributed by atoms with van der Waals surface area (Å²) in [6.45, 7) is 0. The molecule has 1 rings (SSSR count). The fourth-order valence-corrected chi connectivity index (χ4v) is 1.47. The van der Waals surface area contributed by atoms with E-state index in [0.29, 0.717) is 0 Å². The van der Waals surface area contributed by atoms with Gasteiger partial charge in [-0.25, -0.2) is 8.78 Å². The Hall–Kier alpha value is -0.205. The largest absolute Gasteiger partial charge is 0.492 e. The lowest BCUT2D eigenvalue weighted by Crippen LogP contribution is -2.36. The summed E-state index contributed by atoms with van der Waals surface area (Å²) in [7, 11) is -1.98. The van der Waals surface area contributed by atoms with Crippen LogP contribution in [-0.4, -0.2) is 17.2 Å². The van der Waals surface area contributed by atoms with Crippen LogP contribution in [0.2, 0.25) is 0 Å². The first-order valence-corrected chi connectivity index (χ1v) is 4.11. The van der Waals surface area contributed by atoms with E-state index in [1.807, 2.05) is 0 Å². The molecule has 0 aliphatic rings. The second kappa shape index (κ2) is 3.67. The highest BCUT2D eigenvalue weighted by Crippen LogP contribution is 2.08. The van der Waals surface area contributed by atoms with Crippen LogP contribution in [0.15, 0.2) is 12.1 Å². The van der Waals surface area contributed by atoms with E-state index in [0.717, 1.165) is 6.07 Å². The fourth-order valence-electron chi connectivity index (χ4n) is 0.779. The molecule has 0 spiro atoms. The van der Waals surface area contributed by atoms with Crippen molar-refractivity contribution in [3.8, 4) is 0 Å². The minimum absolute atomic E-state index is 0.279. The van der Waals surface area contributed by atoms with Gasteiger partial charge in [0.1, 0.15) is 0 Å². The van der Waals surface area contributed by atoms with Crippen molar-refractivity contribution in [2.75, 3.05) is 0 Å². The van der Waals surface area contributed by atoms with Crippen LogP contribution in [-0.2, 0) is 0 Å². The van der Waals surface area contributed by atoms with Gasteiger partial charge in [-0.05, 0) is 34.7 Å². The van der Waals surface area contributed by atoms with Gasteiger partial charge >= 0.3 is 7.12 Å². The molecule has 0 saturated heterocycles. The van der Waals surface area contributed by atoms with Crippen molar-refractivity contribution >= 4 is 35.2 Å². The Balaban J connectivity index is 3.33. The molecule has 1 aromatic rings. The smallest absolute Gasteiger partial charge is 0.423 e. The second-order valence-corrected chi connectivity index (χ2v) is 3.29. The minimum atomic E-state index is -1.98. The van der Waals surface area contributed by atoms with Crippen LogP contribution in [0, 0.1) is 15.2 Å². The average Bonchev–Trinajstić information content (AvgIpc) is 1.97. The number of hydrogen-bond donors (Lipinski definition) is 2. The van der Waals surface area contributed by atoms with Gasteiger partial charge in [-0.2, -0.15) is 0 Å². The third-order valence-electron chi connectivity index (χ3n) is 1.34. The van der Waals surface area contributed by atoms with Crippen molar-refractivity contribution in [3.63, 3.8) is 0 Å². The van der Waals surface area contributed by atoms with Crippen LogP contribution in [0.3, 0.4) is 0 Å². The lowest BCUT2D eigenvalue weighted by molar-refractivity contribution is 0.419. The van der Waals surface area contributed by atoms with E-state index in [9.17, 15) is 8.78 Å². The SMILES string of the molecule is OB(O)c1c(I)ccc(F)c1F. The van der Waals surface area contributed by atoms with Crippen LogP contribution in [0.4, 0.5) is 8.78 Å². The number of benzene rings is 1. The molecule has 0 aliphatic heterocycles. The van der Waals surface area contributed by atoms with Crippen molar-refractivity contribution < 1.29 is 18.8 Å². The summed E-state index contributed by atoms with van der Waals surface area (Å²) in [4.78, 5) is 0. The van der Waals surface area contributed by atoms with E-state index in [4.69, 9.17) is 10.0 Å². The van der Waals surface area contributed by atoms with Gasteiger partial charge in [0.15, 0.2) is 11.6 Å². The third kappa shape index (κ3) is 1.75. The maximum Gasteiger partial charge on any atom is 0.492 e. The summed E-state index contributed by atoms with van der Waals surface area (Å²) in [6.07, 6.45) is 0. The van der Waals surface area contributed by atoms with Crippen LogP contribution in [0.25, 0.3) is 0 Å². The van der Waals surface area contributed by atoms with Gasteiger partial charge in [0, 0.05) is 9.03 Å². The van der Waals surface area contributed by atoms with E-state index >= 15 is 0 Å². The quantitative estimate of drug-likeness (QED) is 0.441. The Kier molecular flexibility index (Phi) is 3.02. The summed E-state index contributed by atoms with van der Waals surface area (Å²) < 4.78 is 25.6. The monoisotopic (exact) mass is 284 g/mol. The molecule has 0 bridgehead atoms. The fraction of sp³-hybridized carbons (Fsp3) is 0. The maximum atomic E-state index is 12.8. The van der Waals surface area contributed by atoms with Gasteiger partial charge in [0.2, 0.25) is 0 Å². The molecule has 2 nitrogen and oxygen atoms in total. The zero-order valence-electron chi connectivity index (χ0n) is 5.76. The molecule has 0 aliphatic carbocycles. The molecule has 64 valence electrons. The summed E-state index contributed by atoms with van der Waals surface area (Å²) in [5.74, 6) is -2.30. The zero-order valence-corrected chi connectivity index (χ0v) is 7.92. The van der Waals surface area contributed by atoms with Crippen molar-refractivity contribution in [2.45, 2.75) is 0 Å². The van der Waals surface area contributed by atoms with E-state index in [2.05, 4.69) is 0 Å². The van der Waals surface area contributed by atoms with Crippen molar-refractivity contribution in [2.24, 2.45) is 0 Å². The highest BCUT2D eigenvalue weighted by atomic mass is 127. The molecular weight excluding hydrogens is 280 g/mol. The van der Waals surface area contributed by atoms with E-state index in [-0.39, 0.29) is 3.57 Å². The average molecular weight is 284 g/mol. The van der Waals surface area contributed by atoms with E-state index in [1.54, 1.807) is 22.6 Å². The van der Waals surface area contributed by atoms with Crippen LogP contribution < -0.4 is 5.46 Å². The Morgan fingerprint density at radius 2 is 1.83 bits per heavy atom. The lowest BCUT2D eigenvalue weighted by atomic mass is 9.80. The molecule has 0 atom stereocenters. The minimum Gasteiger partial charge on any atom is -0.423 e. The van der Waals surface area contributed by atoms with Crippen LogP contribution in [0.5, 0.6) is 0 Å². The molecule has 0 aromatic heterocycles. The first-order valence-electron chi connectivity index (χ1n) is 3.03. The molecule has 0 unspecified atom stereocenters. The van der Waals surface area contributed by atoms with Gasteiger partial charge in [-0.1, -0.05) is 0 Å². The van der Waals surface area contributed by atoms with Crippen molar-refractivity contribution in [1.82, 2.24) is 0 Å². The summed E-state index contributed by atoms with van der Waals surface area (Å²) in [5, 5.41) is 17.3. The van der Waals surface area contributed by atoms with E-state index in [1.165, 1.54) is 6.07 Å². The van der Waals surface area contributed by atoms with Gasteiger partial charge in [-0.15, -0.1) is 0 Å². The molecular formula is C6H4BF2IO2. The second-order valence-electron chi connectivity index (χ2n) is 2.13. The summed E-state index contributed by atoms with van der Waals surface area (Å²) >= 11 is 1.69. The van der Waals surface area contributed by atoms with Gasteiger partial charge in [0.05, 0.1) is 0 Å². The first kappa shape index (κ1) is 9.88. The van der Waals surface area contributed by atoms with Gasteiger partial charge < -0.3 is 10.0 Å². The topological polar surface area (TPSA) is 40.5 Å². The molecule has 2 N–H and O–H groups in total. The lowest BCUT2D eigenvalue weighted by Gasteiger charge is -2.04. The highest BCUT2D eigenvalue weighted by molar-refractivity contribution is 14.1. The van der Waals surface area contributed by atoms with Crippen LogP contribution >= 0.6 is 22.6 Å². The first-order chi connectivity index (χ1) is 5.54. The number of halogens is 3. The molecule has 0 heterocycles. The van der Waals surface area contributed by atoms with Crippen molar-refractivity contribution in [1.29, 1.82) is 0 Å².